The van der Waals surface area contributed by atoms with Gasteiger partial charge in [-0.1, -0.05) is 12.1 Å². The van der Waals surface area contributed by atoms with Gasteiger partial charge in [0.2, 0.25) is 5.91 Å². The molecule has 3 rings (SSSR count). The zero-order valence-corrected chi connectivity index (χ0v) is 16.1. The second-order valence-corrected chi connectivity index (χ2v) is 6.56. The van der Waals surface area contributed by atoms with Gasteiger partial charge in [-0.15, -0.1) is 0 Å². The molecule has 0 aliphatic rings. The van der Waals surface area contributed by atoms with Gasteiger partial charge in [0.1, 0.15) is 11.7 Å². The fraction of sp³-hybridized carbons (Fsp3) is 0.143. The molecule has 10 heteroatoms. The number of rotatable bonds is 6. The number of alkyl halides is 3. The third kappa shape index (κ3) is 4.63. The Morgan fingerprint density at radius 2 is 1.81 bits per heavy atom. The molecule has 2 aromatic carbocycles. The van der Waals surface area contributed by atoms with Gasteiger partial charge >= 0.3 is 6.18 Å². The molecule has 0 radical (unpaired) electrons. The third-order valence-corrected chi connectivity index (χ3v) is 4.65. The van der Waals surface area contributed by atoms with Gasteiger partial charge in [-0.3, -0.25) is 19.9 Å². The lowest BCUT2D eigenvalue weighted by Gasteiger charge is -2.16. The Labute approximate surface area is 174 Å². The second-order valence-electron chi connectivity index (χ2n) is 6.56. The molecule has 0 aliphatic heterocycles. The number of hydrogen-bond acceptors (Lipinski definition) is 5. The standard InChI is InChI=1S/C21H16F3N3O4/c1-31-15-6-7-16(18(11-15)27(29)30)13-8-9-26-17(10-13)19(20(25)28)12-2-4-14(5-3-12)21(22,23)24/h2-11,19H,1H3,(H2,25,28). The summed E-state index contributed by atoms with van der Waals surface area (Å²) >= 11 is 0. The lowest BCUT2D eigenvalue weighted by Crippen LogP contribution is -2.23. The van der Waals surface area contributed by atoms with Crippen LogP contribution in [0.3, 0.4) is 0 Å². The minimum atomic E-state index is -4.52. The van der Waals surface area contributed by atoms with Gasteiger partial charge < -0.3 is 10.5 Å². The van der Waals surface area contributed by atoms with E-state index in [1.165, 1.54) is 37.6 Å². The fourth-order valence-electron chi connectivity index (χ4n) is 3.15. The van der Waals surface area contributed by atoms with Crippen molar-refractivity contribution in [3.05, 3.63) is 87.7 Å². The van der Waals surface area contributed by atoms with Crippen molar-refractivity contribution in [3.8, 4) is 16.9 Å². The number of amides is 1. The van der Waals surface area contributed by atoms with Gasteiger partial charge in [-0.2, -0.15) is 13.2 Å². The van der Waals surface area contributed by atoms with E-state index in [9.17, 15) is 28.1 Å². The summed E-state index contributed by atoms with van der Waals surface area (Å²) in [5, 5.41) is 11.5. The Morgan fingerprint density at radius 1 is 1.13 bits per heavy atom. The quantitative estimate of drug-likeness (QED) is 0.462. The molecule has 1 heterocycles. The van der Waals surface area contributed by atoms with Crippen molar-refractivity contribution in [1.82, 2.24) is 4.98 Å². The van der Waals surface area contributed by atoms with Crippen LogP contribution < -0.4 is 10.5 Å². The molecule has 3 aromatic rings. The number of ether oxygens (including phenoxy) is 1. The SMILES string of the molecule is COc1ccc(-c2ccnc(C(C(N)=O)c3ccc(C(F)(F)F)cc3)c2)c([N+](=O)[O-])c1. The van der Waals surface area contributed by atoms with E-state index in [0.29, 0.717) is 11.3 Å². The number of pyridine rings is 1. The number of methoxy groups -OCH3 is 1. The van der Waals surface area contributed by atoms with Crippen molar-refractivity contribution in [1.29, 1.82) is 0 Å². The van der Waals surface area contributed by atoms with Crippen LogP contribution in [-0.2, 0) is 11.0 Å². The predicted octanol–water partition coefficient (Wildman–Crippen LogP) is 4.30. The smallest absolute Gasteiger partial charge is 0.416 e. The Morgan fingerprint density at radius 3 is 2.35 bits per heavy atom. The largest absolute Gasteiger partial charge is 0.497 e. The highest BCUT2D eigenvalue weighted by molar-refractivity contribution is 5.86. The van der Waals surface area contributed by atoms with E-state index >= 15 is 0 Å². The summed E-state index contributed by atoms with van der Waals surface area (Å²) < 4.78 is 43.5. The molecule has 1 amide bonds. The Kier molecular flexibility index (Phi) is 5.91. The maximum atomic E-state index is 12.8. The van der Waals surface area contributed by atoms with Crippen molar-refractivity contribution >= 4 is 11.6 Å². The van der Waals surface area contributed by atoms with Crippen LogP contribution in [0.15, 0.2) is 60.8 Å². The van der Waals surface area contributed by atoms with Crippen LogP contribution in [0.4, 0.5) is 18.9 Å². The minimum absolute atomic E-state index is 0.148. The highest BCUT2D eigenvalue weighted by Gasteiger charge is 2.31. The number of primary amides is 1. The molecule has 1 unspecified atom stereocenters. The van der Waals surface area contributed by atoms with Gasteiger partial charge in [0, 0.05) is 6.20 Å². The predicted molar refractivity (Wildman–Crippen MR) is 105 cm³/mol. The lowest BCUT2D eigenvalue weighted by molar-refractivity contribution is -0.384. The summed E-state index contributed by atoms with van der Waals surface area (Å²) in [6, 6.07) is 11.3. The molecule has 0 saturated carbocycles. The molecule has 31 heavy (non-hydrogen) atoms. The minimum Gasteiger partial charge on any atom is -0.497 e. The number of nitro groups is 1. The van der Waals surface area contributed by atoms with E-state index < -0.39 is 28.5 Å². The maximum absolute atomic E-state index is 12.8. The number of halogens is 3. The van der Waals surface area contributed by atoms with Gasteiger partial charge in [0.15, 0.2) is 0 Å². The number of carbonyl (C=O) groups excluding carboxylic acids is 1. The average molecular weight is 431 g/mol. The molecular weight excluding hydrogens is 415 g/mol. The lowest BCUT2D eigenvalue weighted by atomic mass is 9.92. The third-order valence-electron chi connectivity index (χ3n) is 4.65. The Balaban J connectivity index is 2.07. The summed E-state index contributed by atoms with van der Waals surface area (Å²) in [5.74, 6) is -1.67. The monoisotopic (exact) mass is 431 g/mol. The van der Waals surface area contributed by atoms with E-state index in [-0.39, 0.29) is 22.5 Å². The first-order chi connectivity index (χ1) is 14.6. The molecule has 0 saturated heterocycles. The molecule has 2 N–H and O–H groups in total. The topological polar surface area (TPSA) is 108 Å². The molecule has 0 aliphatic carbocycles. The first-order valence-corrected chi connectivity index (χ1v) is 8.87. The van der Waals surface area contributed by atoms with E-state index in [0.717, 1.165) is 24.3 Å². The summed E-state index contributed by atoms with van der Waals surface area (Å²) in [4.78, 5) is 27.2. The molecule has 7 nitrogen and oxygen atoms in total. The summed E-state index contributed by atoms with van der Waals surface area (Å²) in [5.41, 5.74) is 5.42. The van der Waals surface area contributed by atoms with Crippen molar-refractivity contribution in [3.63, 3.8) is 0 Å². The van der Waals surface area contributed by atoms with E-state index in [2.05, 4.69) is 4.98 Å². The van der Waals surface area contributed by atoms with Crippen LogP contribution in [0.2, 0.25) is 0 Å². The van der Waals surface area contributed by atoms with Crippen LogP contribution in [-0.4, -0.2) is 22.9 Å². The van der Waals surface area contributed by atoms with Crippen LogP contribution in [0.25, 0.3) is 11.1 Å². The number of benzene rings is 2. The fourth-order valence-corrected chi connectivity index (χ4v) is 3.15. The molecule has 0 spiro atoms. The van der Waals surface area contributed by atoms with E-state index in [4.69, 9.17) is 10.5 Å². The van der Waals surface area contributed by atoms with E-state index in [1.54, 1.807) is 6.07 Å². The number of nitrogens with zero attached hydrogens (tertiary/aromatic N) is 2. The second kappa shape index (κ2) is 8.42. The number of nitrogens with two attached hydrogens (primary N) is 1. The number of hydrogen-bond donors (Lipinski definition) is 1. The molecule has 1 atom stereocenters. The first kappa shape index (κ1) is 21.8. The van der Waals surface area contributed by atoms with Gasteiger partial charge in [0.05, 0.1) is 34.9 Å². The molecule has 0 bridgehead atoms. The first-order valence-electron chi connectivity index (χ1n) is 8.87. The highest BCUT2D eigenvalue weighted by atomic mass is 19.4. The van der Waals surface area contributed by atoms with Crippen LogP contribution in [0, 0.1) is 10.1 Å². The highest BCUT2D eigenvalue weighted by Crippen LogP contribution is 2.35. The molecular formula is C21H16F3N3O4. The summed E-state index contributed by atoms with van der Waals surface area (Å²) in [7, 11) is 1.38. The number of aromatic nitrogens is 1. The van der Waals surface area contributed by atoms with E-state index in [1.807, 2.05) is 0 Å². The van der Waals surface area contributed by atoms with Crippen molar-refractivity contribution in [2.75, 3.05) is 7.11 Å². The number of carbonyl (C=O) groups is 1. The summed E-state index contributed by atoms with van der Waals surface area (Å²) in [6.45, 7) is 0. The molecule has 1 aromatic heterocycles. The Bertz CT molecular complexity index is 1130. The van der Waals surface area contributed by atoms with Crippen LogP contribution in [0.1, 0.15) is 22.7 Å². The maximum Gasteiger partial charge on any atom is 0.416 e. The zero-order chi connectivity index (χ0) is 22.8. The molecule has 0 fully saturated rings. The van der Waals surface area contributed by atoms with Gasteiger partial charge in [0.25, 0.3) is 5.69 Å². The van der Waals surface area contributed by atoms with Gasteiger partial charge in [-0.05, 0) is 47.5 Å². The van der Waals surface area contributed by atoms with Crippen molar-refractivity contribution in [2.24, 2.45) is 5.73 Å². The van der Waals surface area contributed by atoms with Crippen LogP contribution in [0.5, 0.6) is 5.75 Å². The van der Waals surface area contributed by atoms with Crippen molar-refractivity contribution < 1.29 is 27.6 Å². The van der Waals surface area contributed by atoms with Crippen LogP contribution >= 0.6 is 0 Å². The normalized spacial score (nSPS) is 12.3. The summed E-state index contributed by atoms with van der Waals surface area (Å²) in [6.07, 6.45) is -3.18. The zero-order valence-electron chi connectivity index (χ0n) is 16.1. The average Bonchev–Trinajstić information content (AvgIpc) is 2.73. The van der Waals surface area contributed by atoms with Gasteiger partial charge in [-0.25, -0.2) is 0 Å². The Hall–Kier alpha value is -3.95. The van der Waals surface area contributed by atoms with Crippen molar-refractivity contribution in [2.45, 2.75) is 12.1 Å². The number of nitro benzene ring substituents is 1. The molecule has 160 valence electrons.